The molecule has 0 aliphatic carbocycles. The Bertz CT molecular complexity index is 1020. The van der Waals surface area contributed by atoms with Crippen molar-refractivity contribution < 1.29 is 4.79 Å². The fourth-order valence-electron chi connectivity index (χ4n) is 3.56. The molecule has 29 heavy (non-hydrogen) atoms. The molecule has 1 aromatic carbocycles. The van der Waals surface area contributed by atoms with Gasteiger partial charge in [-0.3, -0.25) is 9.78 Å². The number of hydrogen-bond donors (Lipinski definition) is 1. The van der Waals surface area contributed by atoms with Crippen LogP contribution in [0.15, 0.2) is 48.8 Å². The number of anilines is 1. The Labute approximate surface area is 175 Å². The van der Waals surface area contributed by atoms with E-state index in [4.69, 9.17) is 11.6 Å². The number of benzene rings is 1. The number of aryl methyl sites for hydroxylation is 1. The van der Waals surface area contributed by atoms with Crippen molar-refractivity contribution in [1.29, 1.82) is 0 Å². The first-order valence-electron chi connectivity index (χ1n) is 9.65. The summed E-state index contributed by atoms with van der Waals surface area (Å²) in [7, 11) is 0. The zero-order chi connectivity index (χ0) is 20.2. The molecular formula is C22H22ClN5O. The van der Waals surface area contributed by atoms with E-state index in [0.29, 0.717) is 24.5 Å². The number of rotatable bonds is 5. The molecule has 0 unspecified atom stereocenters. The molecule has 0 fully saturated rings. The van der Waals surface area contributed by atoms with Gasteiger partial charge in [0.15, 0.2) is 0 Å². The Morgan fingerprint density at radius 2 is 2.07 bits per heavy atom. The van der Waals surface area contributed by atoms with Gasteiger partial charge in [-0.15, -0.1) is 0 Å². The van der Waals surface area contributed by atoms with Crippen LogP contribution in [0.2, 0.25) is 5.02 Å². The lowest BCUT2D eigenvalue weighted by atomic mass is 10.0. The number of nitrogens with zero attached hydrogens (tertiary/aromatic N) is 4. The molecule has 1 N–H and O–H groups in total. The SMILES string of the molecule is Cc1nc2c(c(NCCc3ccccc3Cl)n1)CCN(C(=O)c1cccnc1)C2. The van der Waals surface area contributed by atoms with Crippen molar-refractivity contribution in [3.05, 3.63) is 82.0 Å². The summed E-state index contributed by atoms with van der Waals surface area (Å²) in [6, 6.07) is 11.4. The molecule has 148 valence electrons. The number of fused-ring (bicyclic) bond motifs is 1. The Morgan fingerprint density at radius 1 is 1.21 bits per heavy atom. The maximum atomic E-state index is 12.8. The van der Waals surface area contributed by atoms with Gasteiger partial charge in [-0.25, -0.2) is 9.97 Å². The summed E-state index contributed by atoms with van der Waals surface area (Å²) in [5.41, 5.74) is 3.70. The predicted octanol–water partition coefficient (Wildman–Crippen LogP) is 3.69. The van der Waals surface area contributed by atoms with E-state index >= 15 is 0 Å². The Morgan fingerprint density at radius 3 is 2.86 bits per heavy atom. The monoisotopic (exact) mass is 407 g/mol. The molecule has 4 rings (SSSR count). The van der Waals surface area contributed by atoms with Gasteiger partial charge in [-0.2, -0.15) is 0 Å². The summed E-state index contributed by atoms with van der Waals surface area (Å²) in [6.45, 7) is 3.71. The lowest BCUT2D eigenvalue weighted by Crippen LogP contribution is -2.37. The molecule has 1 aliphatic rings. The largest absolute Gasteiger partial charge is 0.369 e. The van der Waals surface area contributed by atoms with Gasteiger partial charge in [0.1, 0.15) is 11.6 Å². The molecular weight excluding hydrogens is 386 g/mol. The summed E-state index contributed by atoms with van der Waals surface area (Å²) < 4.78 is 0. The third-order valence-corrected chi connectivity index (χ3v) is 5.39. The summed E-state index contributed by atoms with van der Waals surface area (Å²) in [6.07, 6.45) is 4.80. The Kier molecular flexibility index (Phi) is 5.71. The van der Waals surface area contributed by atoms with Crippen molar-refractivity contribution in [1.82, 2.24) is 19.9 Å². The van der Waals surface area contributed by atoms with Crippen LogP contribution < -0.4 is 5.32 Å². The van der Waals surface area contributed by atoms with E-state index in [1.165, 1.54) is 0 Å². The zero-order valence-electron chi connectivity index (χ0n) is 16.2. The van der Waals surface area contributed by atoms with Crippen molar-refractivity contribution >= 4 is 23.3 Å². The molecule has 6 nitrogen and oxygen atoms in total. The number of hydrogen-bond acceptors (Lipinski definition) is 5. The number of pyridine rings is 1. The molecule has 0 atom stereocenters. The van der Waals surface area contributed by atoms with E-state index in [-0.39, 0.29) is 5.91 Å². The maximum absolute atomic E-state index is 12.8. The Balaban J connectivity index is 1.47. The van der Waals surface area contributed by atoms with Crippen LogP contribution in [0.4, 0.5) is 5.82 Å². The standard InChI is InChI=1S/C22H22ClN5O/c1-15-26-20-14-28(22(29)17-6-4-10-24-13-17)12-9-18(20)21(27-15)25-11-8-16-5-2-3-7-19(16)23/h2-7,10,13H,8-9,11-12,14H2,1H3,(H,25,26,27). The van der Waals surface area contributed by atoms with Crippen LogP contribution in [0.1, 0.15) is 33.0 Å². The van der Waals surface area contributed by atoms with Crippen LogP contribution in [-0.2, 0) is 19.4 Å². The van der Waals surface area contributed by atoms with Crippen LogP contribution in [-0.4, -0.2) is 38.8 Å². The molecule has 1 amide bonds. The second-order valence-electron chi connectivity index (χ2n) is 7.03. The van der Waals surface area contributed by atoms with Crippen molar-refractivity contribution in [2.24, 2.45) is 0 Å². The van der Waals surface area contributed by atoms with Gasteiger partial charge in [0, 0.05) is 36.1 Å². The first-order chi connectivity index (χ1) is 14.1. The zero-order valence-corrected chi connectivity index (χ0v) is 17.0. The molecule has 0 bridgehead atoms. The number of halogens is 1. The maximum Gasteiger partial charge on any atom is 0.255 e. The molecule has 3 aromatic rings. The van der Waals surface area contributed by atoms with E-state index in [2.05, 4.69) is 20.3 Å². The van der Waals surface area contributed by atoms with Crippen molar-refractivity contribution in [2.45, 2.75) is 26.3 Å². The minimum atomic E-state index is -0.0201. The molecule has 0 saturated carbocycles. The summed E-state index contributed by atoms with van der Waals surface area (Å²) >= 11 is 6.25. The quantitative estimate of drug-likeness (QED) is 0.698. The third kappa shape index (κ3) is 4.38. The van der Waals surface area contributed by atoms with E-state index < -0.39 is 0 Å². The highest BCUT2D eigenvalue weighted by Crippen LogP contribution is 2.25. The average Bonchev–Trinajstić information content (AvgIpc) is 2.74. The Hall–Kier alpha value is -2.99. The first kappa shape index (κ1) is 19.3. The van der Waals surface area contributed by atoms with Gasteiger partial charge in [-0.05, 0) is 43.5 Å². The number of amides is 1. The summed E-state index contributed by atoms with van der Waals surface area (Å²) in [5, 5.41) is 4.22. The van der Waals surface area contributed by atoms with Crippen molar-refractivity contribution in [3.8, 4) is 0 Å². The van der Waals surface area contributed by atoms with E-state index in [9.17, 15) is 4.79 Å². The van der Waals surface area contributed by atoms with Crippen LogP contribution in [0.3, 0.4) is 0 Å². The normalized spacial score (nSPS) is 13.1. The molecule has 7 heteroatoms. The van der Waals surface area contributed by atoms with Gasteiger partial charge in [0.25, 0.3) is 5.91 Å². The van der Waals surface area contributed by atoms with Crippen LogP contribution in [0.5, 0.6) is 0 Å². The highest BCUT2D eigenvalue weighted by Gasteiger charge is 2.25. The molecule has 0 spiro atoms. The van der Waals surface area contributed by atoms with Gasteiger partial charge in [0.2, 0.25) is 0 Å². The average molecular weight is 408 g/mol. The number of nitrogens with one attached hydrogen (secondary N) is 1. The van der Waals surface area contributed by atoms with Crippen molar-refractivity contribution in [2.75, 3.05) is 18.4 Å². The van der Waals surface area contributed by atoms with Crippen LogP contribution in [0, 0.1) is 6.92 Å². The molecule has 0 saturated heterocycles. The smallest absolute Gasteiger partial charge is 0.255 e. The first-order valence-corrected chi connectivity index (χ1v) is 10.0. The van der Waals surface area contributed by atoms with Gasteiger partial charge in [0.05, 0.1) is 17.8 Å². The van der Waals surface area contributed by atoms with Crippen molar-refractivity contribution in [3.63, 3.8) is 0 Å². The second kappa shape index (κ2) is 8.57. The third-order valence-electron chi connectivity index (χ3n) is 5.02. The highest BCUT2D eigenvalue weighted by molar-refractivity contribution is 6.31. The second-order valence-corrected chi connectivity index (χ2v) is 7.44. The minimum absolute atomic E-state index is 0.0201. The van der Waals surface area contributed by atoms with E-state index in [1.807, 2.05) is 36.1 Å². The number of carbonyl (C=O) groups excluding carboxylic acids is 1. The number of aromatic nitrogens is 3. The van der Waals surface area contributed by atoms with E-state index in [0.717, 1.165) is 47.0 Å². The highest BCUT2D eigenvalue weighted by atomic mass is 35.5. The fraction of sp³-hybridized carbons (Fsp3) is 0.273. The lowest BCUT2D eigenvalue weighted by Gasteiger charge is -2.29. The lowest BCUT2D eigenvalue weighted by molar-refractivity contribution is 0.0731. The molecule has 0 radical (unpaired) electrons. The fourth-order valence-corrected chi connectivity index (χ4v) is 3.79. The topological polar surface area (TPSA) is 71.0 Å². The van der Waals surface area contributed by atoms with Crippen LogP contribution >= 0.6 is 11.6 Å². The summed E-state index contributed by atoms with van der Waals surface area (Å²) in [4.78, 5) is 27.8. The summed E-state index contributed by atoms with van der Waals surface area (Å²) in [5.74, 6) is 1.53. The minimum Gasteiger partial charge on any atom is -0.369 e. The molecule has 1 aliphatic heterocycles. The predicted molar refractivity (Wildman–Crippen MR) is 113 cm³/mol. The van der Waals surface area contributed by atoms with Gasteiger partial charge < -0.3 is 10.2 Å². The molecule has 2 aromatic heterocycles. The number of carbonyl (C=O) groups is 1. The van der Waals surface area contributed by atoms with E-state index in [1.54, 1.807) is 24.5 Å². The van der Waals surface area contributed by atoms with Crippen LogP contribution in [0.25, 0.3) is 0 Å². The molecule has 3 heterocycles. The van der Waals surface area contributed by atoms with Gasteiger partial charge >= 0.3 is 0 Å². The van der Waals surface area contributed by atoms with Gasteiger partial charge in [-0.1, -0.05) is 29.8 Å².